The lowest BCUT2D eigenvalue weighted by molar-refractivity contribution is -0.121. The number of carbonyl (C=O) groups excluding carboxylic acids is 1. The Bertz CT molecular complexity index is 255. The van der Waals surface area contributed by atoms with E-state index in [9.17, 15) is 4.79 Å². The zero-order chi connectivity index (χ0) is 12.1. The first-order valence-corrected chi connectivity index (χ1v) is 7.26. The molecule has 3 N–H and O–H groups in total. The number of fused-ring (bicyclic) bond motifs is 2. The summed E-state index contributed by atoms with van der Waals surface area (Å²) < 4.78 is 0. The molecular formula is C14H26N2O. The van der Waals surface area contributed by atoms with Gasteiger partial charge in [-0.2, -0.15) is 0 Å². The molecule has 0 radical (unpaired) electrons. The van der Waals surface area contributed by atoms with Crippen LogP contribution in [0, 0.1) is 17.8 Å². The van der Waals surface area contributed by atoms with Crippen LogP contribution in [0.15, 0.2) is 0 Å². The van der Waals surface area contributed by atoms with Crippen LogP contribution in [0.25, 0.3) is 0 Å². The van der Waals surface area contributed by atoms with Gasteiger partial charge < -0.3 is 11.1 Å². The van der Waals surface area contributed by atoms with Crippen LogP contribution < -0.4 is 11.1 Å². The summed E-state index contributed by atoms with van der Waals surface area (Å²) in [4.78, 5) is 11.6. The molecule has 0 aromatic rings. The summed E-state index contributed by atoms with van der Waals surface area (Å²) in [5.41, 5.74) is 5.42. The third-order valence-corrected chi connectivity index (χ3v) is 4.55. The van der Waals surface area contributed by atoms with Gasteiger partial charge in [-0.05, 0) is 56.4 Å². The summed E-state index contributed by atoms with van der Waals surface area (Å²) in [5.74, 6) is 2.91. The molecule has 0 aliphatic heterocycles. The third-order valence-electron chi connectivity index (χ3n) is 4.55. The molecule has 3 heteroatoms. The van der Waals surface area contributed by atoms with Crippen LogP contribution in [-0.4, -0.2) is 19.0 Å². The molecule has 2 aliphatic carbocycles. The normalized spacial score (nSPS) is 30.8. The number of hydrogen-bond acceptors (Lipinski definition) is 2. The quantitative estimate of drug-likeness (QED) is 0.667. The molecule has 1 amide bonds. The van der Waals surface area contributed by atoms with Gasteiger partial charge in [-0.25, -0.2) is 0 Å². The van der Waals surface area contributed by atoms with E-state index in [1.54, 1.807) is 0 Å². The minimum absolute atomic E-state index is 0.241. The molecule has 2 bridgehead atoms. The van der Waals surface area contributed by atoms with Gasteiger partial charge in [-0.1, -0.05) is 12.8 Å². The van der Waals surface area contributed by atoms with Gasteiger partial charge in [0.05, 0.1) is 0 Å². The van der Waals surface area contributed by atoms with Gasteiger partial charge >= 0.3 is 0 Å². The molecule has 98 valence electrons. The van der Waals surface area contributed by atoms with Crippen molar-refractivity contribution in [2.45, 2.75) is 51.4 Å². The maximum Gasteiger partial charge on any atom is 0.220 e. The Balaban J connectivity index is 1.54. The van der Waals surface area contributed by atoms with E-state index < -0.39 is 0 Å². The van der Waals surface area contributed by atoms with Crippen molar-refractivity contribution >= 4 is 5.91 Å². The Morgan fingerprint density at radius 1 is 1.18 bits per heavy atom. The van der Waals surface area contributed by atoms with Crippen LogP contribution in [0.3, 0.4) is 0 Å². The number of nitrogens with one attached hydrogen (secondary N) is 1. The highest BCUT2D eigenvalue weighted by atomic mass is 16.1. The SMILES string of the molecule is NCCCCCC(=O)NCC1CC2CCC1C2. The first-order valence-electron chi connectivity index (χ1n) is 7.26. The monoisotopic (exact) mass is 238 g/mol. The van der Waals surface area contributed by atoms with Crippen LogP contribution in [0.5, 0.6) is 0 Å². The molecule has 3 nitrogen and oxygen atoms in total. The van der Waals surface area contributed by atoms with E-state index in [0.29, 0.717) is 6.42 Å². The van der Waals surface area contributed by atoms with Crippen molar-refractivity contribution in [2.75, 3.05) is 13.1 Å². The predicted molar refractivity (Wildman–Crippen MR) is 69.5 cm³/mol. The van der Waals surface area contributed by atoms with Gasteiger partial charge in [-0.15, -0.1) is 0 Å². The highest BCUT2D eigenvalue weighted by Crippen LogP contribution is 2.47. The molecule has 3 unspecified atom stereocenters. The minimum Gasteiger partial charge on any atom is -0.356 e. The topological polar surface area (TPSA) is 55.1 Å². The first kappa shape index (κ1) is 12.9. The van der Waals surface area contributed by atoms with E-state index in [0.717, 1.165) is 50.1 Å². The average molecular weight is 238 g/mol. The molecular weight excluding hydrogens is 212 g/mol. The van der Waals surface area contributed by atoms with E-state index in [1.807, 2.05) is 0 Å². The fourth-order valence-electron chi connectivity index (χ4n) is 3.57. The van der Waals surface area contributed by atoms with Crippen molar-refractivity contribution in [2.24, 2.45) is 23.5 Å². The molecule has 0 saturated heterocycles. The predicted octanol–water partition coefficient (Wildman–Crippen LogP) is 2.06. The lowest BCUT2D eigenvalue weighted by Gasteiger charge is -2.21. The molecule has 0 aromatic carbocycles. The van der Waals surface area contributed by atoms with E-state index in [4.69, 9.17) is 5.73 Å². The number of rotatable bonds is 7. The zero-order valence-electron chi connectivity index (χ0n) is 10.8. The van der Waals surface area contributed by atoms with Crippen molar-refractivity contribution in [1.82, 2.24) is 5.32 Å². The summed E-state index contributed by atoms with van der Waals surface area (Å²) in [6.07, 6.45) is 9.42. The molecule has 17 heavy (non-hydrogen) atoms. The summed E-state index contributed by atoms with van der Waals surface area (Å²) in [7, 11) is 0. The van der Waals surface area contributed by atoms with Gasteiger partial charge in [-0.3, -0.25) is 4.79 Å². The fraction of sp³-hybridized carbons (Fsp3) is 0.929. The average Bonchev–Trinajstić information content (AvgIpc) is 2.94. The number of unbranched alkanes of at least 4 members (excludes halogenated alkanes) is 2. The summed E-state index contributed by atoms with van der Waals surface area (Å²) in [6.45, 7) is 1.67. The number of carbonyl (C=O) groups is 1. The van der Waals surface area contributed by atoms with Gasteiger partial charge in [0, 0.05) is 13.0 Å². The van der Waals surface area contributed by atoms with Gasteiger partial charge in [0.1, 0.15) is 0 Å². The molecule has 0 spiro atoms. The zero-order valence-corrected chi connectivity index (χ0v) is 10.8. The second-order valence-electron chi connectivity index (χ2n) is 5.84. The van der Waals surface area contributed by atoms with E-state index in [-0.39, 0.29) is 5.91 Å². The highest BCUT2D eigenvalue weighted by molar-refractivity contribution is 5.75. The Hall–Kier alpha value is -0.570. The second-order valence-corrected chi connectivity index (χ2v) is 5.84. The Morgan fingerprint density at radius 3 is 2.71 bits per heavy atom. The summed E-state index contributed by atoms with van der Waals surface area (Å²) in [5, 5.41) is 3.12. The molecule has 2 rings (SSSR count). The smallest absolute Gasteiger partial charge is 0.220 e. The van der Waals surface area contributed by atoms with Crippen molar-refractivity contribution in [1.29, 1.82) is 0 Å². The number of nitrogens with two attached hydrogens (primary N) is 1. The molecule has 2 fully saturated rings. The van der Waals surface area contributed by atoms with Crippen LogP contribution in [0.2, 0.25) is 0 Å². The summed E-state index contributed by atoms with van der Waals surface area (Å²) in [6, 6.07) is 0. The first-order chi connectivity index (χ1) is 8.29. The van der Waals surface area contributed by atoms with Crippen LogP contribution in [0.1, 0.15) is 51.4 Å². The summed E-state index contributed by atoms with van der Waals surface area (Å²) >= 11 is 0. The molecule has 3 atom stereocenters. The van der Waals surface area contributed by atoms with Gasteiger partial charge in [0.2, 0.25) is 5.91 Å². The van der Waals surface area contributed by atoms with Gasteiger partial charge in [0.25, 0.3) is 0 Å². The Kier molecular flexibility index (Phi) is 4.84. The molecule has 0 heterocycles. The number of amides is 1. The number of hydrogen-bond donors (Lipinski definition) is 2. The van der Waals surface area contributed by atoms with E-state index in [2.05, 4.69) is 5.32 Å². The van der Waals surface area contributed by atoms with Crippen molar-refractivity contribution in [3.63, 3.8) is 0 Å². The van der Waals surface area contributed by atoms with Crippen LogP contribution in [0.4, 0.5) is 0 Å². The largest absolute Gasteiger partial charge is 0.356 e. The molecule has 2 saturated carbocycles. The third kappa shape index (κ3) is 3.70. The Labute approximate surface area is 105 Å². The van der Waals surface area contributed by atoms with E-state index in [1.165, 1.54) is 25.7 Å². The Morgan fingerprint density at radius 2 is 2.06 bits per heavy atom. The highest BCUT2D eigenvalue weighted by Gasteiger charge is 2.39. The lowest BCUT2D eigenvalue weighted by atomic mass is 9.89. The second kappa shape index (κ2) is 6.39. The standard InChI is InChI=1S/C14H26N2O/c15-7-3-1-2-4-14(17)16-10-13-9-11-5-6-12(13)8-11/h11-13H,1-10,15H2,(H,16,17). The van der Waals surface area contributed by atoms with E-state index >= 15 is 0 Å². The minimum atomic E-state index is 0.241. The molecule has 2 aliphatic rings. The van der Waals surface area contributed by atoms with Crippen molar-refractivity contribution in [3.8, 4) is 0 Å². The fourth-order valence-corrected chi connectivity index (χ4v) is 3.57. The maximum atomic E-state index is 11.6. The van der Waals surface area contributed by atoms with Crippen LogP contribution in [-0.2, 0) is 4.79 Å². The van der Waals surface area contributed by atoms with Crippen LogP contribution >= 0.6 is 0 Å². The molecule has 0 aromatic heterocycles. The maximum absolute atomic E-state index is 11.6. The lowest BCUT2D eigenvalue weighted by Crippen LogP contribution is -2.31. The van der Waals surface area contributed by atoms with Crippen molar-refractivity contribution in [3.05, 3.63) is 0 Å². The van der Waals surface area contributed by atoms with Crippen molar-refractivity contribution < 1.29 is 4.79 Å². The van der Waals surface area contributed by atoms with Gasteiger partial charge in [0.15, 0.2) is 0 Å².